The molecule has 0 aliphatic heterocycles. The maximum absolute atomic E-state index is 13.1. The molecular formula is C15H10BrF3N4O2S. The number of primary sulfonamides is 1. The summed E-state index contributed by atoms with van der Waals surface area (Å²) in [4.78, 5) is 3.45. The van der Waals surface area contributed by atoms with Gasteiger partial charge in [0.25, 0.3) is 5.82 Å². The van der Waals surface area contributed by atoms with Gasteiger partial charge in [-0.1, -0.05) is 34.1 Å². The Kier molecular flexibility index (Phi) is 4.63. The molecule has 3 aromatic rings. The van der Waals surface area contributed by atoms with Crippen molar-refractivity contribution >= 4 is 26.0 Å². The maximum atomic E-state index is 13.1. The van der Waals surface area contributed by atoms with Gasteiger partial charge >= 0.3 is 6.18 Å². The number of hydrogen-bond acceptors (Lipinski definition) is 4. The van der Waals surface area contributed by atoms with Crippen LogP contribution in [0.1, 0.15) is 5.82 Å². The van der Waals surface area contributed by atoms with Crippen molar-refractivity contribution in [2.24, 2.45) is 5.14 Å². The fourth-order valence-corrected chi connectivity index (χ4v) is 3.18. The van der Waals surface area contributed by atoms with Crippen molar-refractivity contribution < 1.29 is 21.6 Å². The first-order valence-electron chi connectivity index (χ1n) is 7.00. The zero-order chi connectivity index (χ0) is 19.1. The predicted octanol–water partition coefficient (Wildman–Crippen LogP) is 3.36. The van der Waals surface area contributed by atoms with Crippen LogP contribution >= 0.6 is 15.9 Å². The number of halogens is 4. The van der Waals surface area contributed by atoms with Crippen LogP contribution in [0.2, 0.25) is 0 Å². The highest BCUT2D eigenvalue weighted by Crippen LogP contribution is 2.33. The largest absolute Gasteiger partial charge is 0.453 e. The molecule has 3 rings (SSSR count). The SMILES string of the molecule is NS(=O)(=O)c1ccc(-n2nc(C(F)(F)F)nc2-c2ccccc2Br)cc1. The van der Waals surface area contributed by atoms with E-state index in [-0.39, 0.29) is 16.4 Å². The van der Waals surface area contributed by atoms with Crippen molar-refractivity contribution in [1.29, 1.82) is 0 Å². The van der Waals surface area contributed by atoms with Gasteiger partial charge in [0.15, 0.2) is 5.82 Å². The Labute approximate surface area is 154 Å². The van der Waals surface area contributed by atoms with Crippen molar-refractivity contribution in [3.8, 4) is 17.1 Å². The number of benzene rings is 2. The van der Waals surface area contributed by atoms with E-state index in [1.54, 1.807) is 24.3 Å². The van der Waals surface area contributed by atoms with E-state index in [0.29, 0.717) is 10.0 Å². The van der Waals surface area contributed by atoms with Crippen molar-refractivity contribution in [3.05, 3.63) is 58.8 Å². The van der Waals surface area contributed by atoms with Gasteiger partial charge in [-0.2, -0.15) is 13.2 Å². The van der Waals surface area contributed by atoms with Gasteiger partial charge < -0.3 is 0 Å². The summed E-state index contributed by atoms with van der Waals surface area (Å²) in [6.07, 6.45) is -4.73. The highest BCUT2D eigenvalue weighted by atomic mass is 79.9. The van der Waals surface area contributed by atoms with E-state index < -0.39 is 22.0 Å². The number of alkyl halides is 3. The monoisotopic (exact) mass is 446 g/mol. The Morgan fingerprint density at radius 3 is 2.19 bits per heavy atom. The molecule has 2 N–H and O–H groups in total. The normalized spacial score (nSPS) is 12.3. The van der Waals surface area contributed by atoms with Crippen LogP contribution in [-0.4, -0.2) is 23.2 Å². The second kappa shape index (κ2) is 6.49. The molecule has 11 heteroatoms. The zero-order valence-electron chi connectivity index (χ0n) is 12.8. The van der Waals surface area contributed by atoms with Gasteiger partial charge in [-0.3, -0.25) is 0 Å². The predicted molar refractivity (Wildman–Crippen MR) is 90.9 cm³/mol. The van der Waals surface area contributed by atoms with E-state index in [2.05, 4.69) is 26.0 Å². The quantitative estimate of drug-likeness (QED) is 0.667. The Morgan fingerprint density at radius 2 is 1.65 bits per heavy atom. The lowest BCUT2D eigenvalue weighted by Crippen LogP contribution is -2.12. The van der Waals surface area contributed by atoms with Crippen LogP contribution in [0.4, 0.5) is 13.2 Å². The summed E-state index contributed by atoms with van der Waals surface area (Å²) in [6, 6.07) is 11.6. The highest BCUT2D eigenvalue weighted by molar-refractivity contribution is 9.10. The molecule has 136 valence electrons. The molecule has 0 aliphatic rings. The molecule has 0 saturated carbocycles. The number of aromatic nitrogens is 3. The first-order valence-corrected chi connectivity index (χ1v) is 9.34. The molecule has 0 fully saturated rings. The first kappa shape index (κ1) is 18.5. The molecule has 1 aromatic heterocycles. The molecule has 0 unspecified atom stereocenters. The van der Waals surface area contributed by atoms with Gasteiger partial charge in [0.1, 0.15) is 0 Å². The second-order valence-electron chi connectivity index (χ2n) is 5.19. The van der Waals surface area contributed by atoms with Gasteiger partial charge in [0.2, 0.25) is 10.0 Å². The lowest BCUT2D eigenvalue weighted by Gasteiger charge is -2.08. The molecule has 0 radical (unpaired) electrons. The van der Waals surface area contributed by atoms with E-state index in [1.807, 2.05) is 0 Å². The van der Waals surface area contributed by atoms with Gasteiger partial charge in [0, 0.05) is 10.0 Å². The Morgan fingerprint density at radius 1 is 1.04 bits per heavy atom. The topological polar surface area (TPSA) is 90.9 Å². The standard InChI is InChI=1S/C15H10BrF3N4O2S/c16-12-4-2-1-3-11(12)13-21-14(15(17,18)19)22-23(13)9-5-7-10(8-6-9)26(20,24)25/h1-8H,(H2,20,24,25). The molecular weight excluding hydrogens is 437 g/mol. The van der Waals surface area contributed by atoms with Gasteiger partial charge in [-0.05, 0) is 30.3 Å². The molecule has 0 atom stereocenters. The summed E-state index contributed by atoms with van der Waals surface area (Å²) in [5, 5.41) is 8.57. The van der Waals surface area contributed by atoms with Crippen molar-refractivity contribution in [1.82, 2.24) is 14.8 Å². The van der Waals surface area contributed by atoms with Gasteiger partial charge in [-0.25, -0.2) is 23.2 Å². The van der Waals surface area contributed by atoms with Crippen LogP contribution in [0.15, 0.2) is 57.9 Å². The molecule has 0 amide bonds. The van der Waals surface area contributed by atoms with Crippen molar-refractivity contribution in [3.63, 3.8) is 0 Å². The summed E-state index contributed by atoms with van der Waals surface area (Å²) in [7, 11) is -3.92. The van der Waals surface area contributed by atoms with E-state index >= 15 is 0 Å². The molecule has 2 aromatic carbocycles. The highest BCUT2D eigenvalue weighted by Gasteiger charge is 2.37. The average molecular weight is 447 g/mol. The van der Waals surface area contributed by atoms with E-state index in [1.165, 1.54) is 24.3 Å². The minimum atomic E-state index is -4.73. The lowest BCUT2D eigenvalue weighted by molar-refractivity contribution is -0.144. The molecule has 6 nitrogen and oxygen atoms in total. The third-order valence-corrected chi connectivity index (χ3v) is 5.01. The van der Waals surface area contributed by atoms with Crippen LogP contribution in [0.3, 0.4) is 0 Å². The smallest absolute Gasteiger partial charge is 0.225 e. The summed E-state index contributed by atoms with van der Waals surface area (Å²) >= 11 is 3.28. The summed E-state index contributed by atoms with van der Waals surface area (Å²) in [5.41, 5.74) is 0.595. The van der Waals surface area contributed by atoms with Crippen LogP contribution in [-0.2, 0) is 16.2 Å². The van der Waals surface area contributed by atoms with Gasteiger partial charge in [-0.15, -0.1) is 5.10 Å². The summed E-state index contributed by atoms with van der Waals surface area (Å²) in [5.74, 6) is -1.35. The fourth-order valence-electron chi connectivity index (χ4n) is 2.21. The van der Waals surface area contributed by atoms with E-state index in [0.717, 1.165) is 4.68 Å². The number of sulfonamides is 1. The van der Waals surface area contributed by atoms with E-state index in [9.17, 15) is 21.6 Å². The van der Waals surface area contributed by atoms with E-state index in [4.69, 9.17) is 5.14 Å². The molecule has 0 bridgehead atoms. The van der Waals surface area contributed by atoms with Crippen molar-refractivity contribution in [2.45, 2.75) is 11.1 Å². The van der Waals surface area contributed by atoms with Crippen LogP contribution in [0.5, 0.6) is 0 Å². The number of nitrogens with two attached hydrogens (primary N) is 1. The maximum Gasteiger partial charge on any atom is 0.453 e. The van der Waals surface area contributed by atoms with Crippen LogP contribution in [0.25, 0.3) is 17.1 Å². The van der Waals surface area contributed by atoms with Gasteiger partial charge in [0.05, 0.1) is 10.6 Å². The average Bonchev–Trinajstić information content (AvgIpc) is 3.00. The Bertz CT molecular complexity index is 1060. The Balaban J connectivity index is 2.20. The minimum absolute atomic E-state index is 0.0480. The number of hydrogen-bond donors (Lipinski definition) is 1. The van der Waals surface area contributed by atoms with Crippen molar-refractivity contribution in [2.75, 3.05) is 0 Å². The third-order valence-electron chi connectivity index (χ3n) is 3.39. The third kappa shape index (κ3) is 3.64. The molecule has 0 aliphatic carbocycles. The second-order valence-corrected chi connectivity index (χ2v) is 7.60. The van der Waals surface area contributed by atoms with Crippen LogP contribution in [0, 0.1) is 0 Å². The summed E-state index contributed by atoms with van der Waals surface area (Å²) in [6.45, 7) is 0. The first-order chi connectivity index (χ1) is 12.1. The number of rotatable bonds is 3. The molecule has 0 saturated heterocycles. The zero-order valence-corrected chi connectivity index (χ0v) is 15.2. The minimum Gasteiger partial charge on any atom is -0.225 e. The molecule has 0 spiro atoms. The number of nitrogens with zero attached hydrogens (tertiary/aromatic N) is 3. The molecule has 26 heavy (non-hydrogen) atoms. The molecule has 1 heterocycles. The lowest BCUT2D eigenvalue weighted by atomic mass is 10.2. The Hall–Kier alpha value is -2.24. The summed E-state index contributed by atoms with van der Waals surface area (Å²) < 4.78 is 63.5. The fraction of sp³-hybridized carbons (Fsp3) is 0.0667. The van der Waals surface area contributed by atoms with Crippen LogP contribution < -0.4 is 5.14 Å².